The van der Waals surface area contributed by atoms with Gasteiger partial charge in [-0.15, -0.1) is 0 Å². The van der Waals surface area contributed by atoms with E-state index in [1.165, 1.54) is 23.3 Å². The van der Waals surface area contributed by atoms with Crippen LogP contribution in [0.25, 0.3) is 0 Å². The Bertz CT molecular complexity index is 270. The van der Waals surface area contributed by atoms with Crippen molar-refractivity contribution in [1.29, 1.82) is 0 Å². The van der Waals surface area contributed by atoms with Crippen LogP contribution in [-0.4, -0.2) is 39.3 Å². The Kier molecular flexibility index (Phi) is 3.92. The first-order chi connectivity index (χ1) is 6.47. The van der Waals surface area contributed by atoms with E-state index < -0.39 is 21.8 Å². The molecule has 0 bridgehead atoms. The van der Waals surface area contributed by atoms with Gasteiger partial charge in [0.15, 0.2) is 0 Å². The molecule has 80 valence electrons. The molecule has 1 aromatic heterocycles. The Morgan fingerprint density at radius 3 is 2.14 bits per heavy atom. The molecule has 9 heteroatoms. The van der Waals surface area contributed by atoms with Gasteiger partial charge in [-0.3, -0.25) is 0 Å². The predicted octanol–water partition coefficient (Wildman–Crippen LogP) is -0.878. The van der Waals surface area contributed by atoms with Crippen molar-refractivity contribution in [2.24, 2.45) is 0 Å². The minimum atomic E-state index is -2.85. The first-order valence-electron chi connectivity index (χ1n) is 3.51. The van der Waals surface area contributed by atoms with Crippen LogP contribution in [0.15, 0.2) is 18.7 Å². The van der Waals surface area contributed by atoms with Crippen LogP contribution in [0.4, 0.5) is 0 Å². The molecule has 1 aromatic rings. The van der Waals surface area contributed by atoms with E-state index >= 15 is 0 Å². The summed E-state index contributed by atoms with van der Waals surface area (Å²) in [4.78, 5) is 39.2. The summed E-state index contributed by atoms with van der Waals surface area (Å²) in [6.07, 6.45) is 4.21. The number of rotatable bonds is 4. The van der Waals surface area contributed by atoms with Crippen LogP contribution >= 0.6 is 16.8 Å². The highest BCUT2D eigenvalue weighted by atomic mass is 31.2. The summed E-state index contributed by atoms with van der Waals surface area (Å²) in [6.45, 7) is -0.329. The predicted molar refractivity (Wildman–Crippen MR) is 49.9 cm³/mol. The van der Waals surface area contributed by atoms with Gasteiger partial charge in [-0.2, -0.15) is 0 Å². The van der Waals surface area contributed by atoms with Crippen molar-refractivity contribution in [2.45, 2.75) is 11.6 Å². The summed E-state index contributed by atoms with van der Waals surface area (Å²) >= 11 is 0. The second-order valence-corrected chi connectivity index (χ2v) is 5.58. The smallest absolute Gasteiger partial charge is 0.220 e. The fraction of sp³-hybridized carbons (Fsp3) is 0.400. The molecule has 0 saturated heterocycles. The molecule has 0 aliphatic carbocycles. The van der Waals surface area contributed by atoms with Crippen LogP contribution in [0.5, 0.6) is 0 Å². The molecule has 1 heterocycles. The van der Waals surface area contributed by atoms with Crippen LogP contribution in [-0.2, 0) is 6.54 Å². The highest BCUT2D eigenvalue weighted by molar-refractivity contribution is 7.65. The maximum Gasteiger partial charge on any atom is 0.220 e. The van der Waals surface area contributed by atoms with E-state index in [0.717, 1.165) is 0 Å². The summed E-state index contributed by atoms with van der Waals surface area (Å²) in [7, 11) is -5.71. The van der Waals surface area contributed by atoms with Gasteiger partial charge in [0.2, 0.25) is 21.8 Å². The molecule has 0 fully saturated rings. The lowest BCUT2D eigenvalue weighted by atomic mass is 10.6. The fourth-order valence-electron chi connectivity index (χ4n) is 0.832. The Hall–Kier alpha value is -0.130. The molecule has 0 radical (unpaired) electrons. The van der Waals surface area contributed by atoms with Gasteiger partial charge >= 0.3 is 0 Å². The van der Waals surface area contributed by atoms with Crippen molar-refractivity contribution < 1.29 is 24.7 Å². The summed E-state index contributed by atoms with van der Waals surface area (Å²) in [5.74, 6) is 0. The Morgan fingerprint density at radius 1 is 1.21 bits per heavy atom. The largest absolute Gasteiger partial charge is 0.371 e. The Balaban J connectivity index is 2.80. The number of nitrogens with zero attached hydrogens (tertiary/aromatic N) is 2. The van der Waals surface area contributed by atoms with Gasteiger partial charge < -0.3 is 29.2 Å². The summed E-state index contributed by atoms with van der Waals surface area (Å²) in [5.41, 5.74) is 0. The van der Waals surface area contributed by atoms with Crippen molar-refractivity contribution in [3.63, 3.8) is 0 Å². The minimum Gasteiger partial charge on any atom is -0.371 e. The maximum atomic E-state index is 9.55. The van der Waals surface area contributed by atoms with E-state index in [9.17, 15) is 5.11 Å². The third-order valence-electron chi connectivity index (χ3n) is 1.59. The second-order valence-electron chi connectivity index (χ2n) is 2.59. The van der Waals surface area contributed by atoms with Crippen LogP contribution < -0.4 is 0 Å². The molecule has 5 N–H and O–H groups in total. The molecule has 0 unspecified atom stereocenters. The maximum absolute atomic E-state index is 9.55. The lowest BCUT2D eigenvalue weighted by molar-refractivity contribution is 0.148. The molecular weight excluding hydrogens is 230 g/mol. The molecule has 0 amide bonds. The number of imidazole rings is 1. The van der Waals surface area contributed by atoms with Gasteiger partial charge in [-0.25, -0.2) is 4.98 Å². The zero-order valence-corrected chi connectivity index (χ0v) is 8.75. The van der Waals surface area contributed by atoms with Crippen molar-refractivity contribution in [3.8, 4) is 0 Å². The number of hydrogen-bond acceptors (Lipinski definition) is 6. The van der Waals surface area contributed by atoms with E-state index in [-0.39, 0.29) is 6.54 Å². The van der Waals surface area contributed by atoms with Crippen LogP contribution in [0.3, 0.4) is 0 Å². The van der Waals surface area contributed by atoms with Crippen molar-refractivity contribution in [1.82, 2.24) is 9.55 Å². The molecule has 0 aliphatic heterocycles. The van der Waals surface area contributed by atoms with E-state index in [1.807, 2.05) is 0 Å². The van der Waals surface area contributed by atoms with Crippen LogP contribution in [0.2, 0.25) is 0 Å². The normalized spacial score (nSPS) is 12.8. The van der Waals surface area contributed by atoms with Crippen molar-refractivity contribution in [2.75, 3.05) is 0 Å². The molecule has 7 nitrogen and oxygen atoms in total. The van der Waals surface area contributed by atoms with Gasteiger partial charge in [-0.05, 0) is 0 Å². The second kappa shape index (κ2) is 4.59. The molecule has 1 rings (SSSR count). The quantitative estimate of drug-likeness (QED) is 0.436. The van der Waals surface area contributed by atoms with Gasteiger partial charge in [0.1, 0.15) is 0 Å². The monoisotopic (exact) mass is 240 g/mol. The molecule has 0 atom stereocenters. The average molecular weight is 240 g/mol. The van der Waals surface area contributed by atoms with Gasteiger partial charge in [-0.1, -0.05) is 0 Å². The third kappa shape index (κ3) is 2.46. The Morgan fingerprint density at radius 2 is 1.79 bits per heavy atom. The third-order valence-corrected chi connectivity index (χ3v) is 4.23. The number of aliphatic hydroxyl groups is 1. The highest BCUT2D eigenvalue weighted by Gasteiger charge is 2.44. The first-order valence-corrected chi connectivity index (χ1v) is 6.00. The fourth-order valence-corrected chi connectivity index (χ4v) is 2.05. The number of aromatic nitrogens is 2. The molecule has 14 heavy (non-hydrogen) atoms. The van der Waals surface area contributed by atoms with Gasteiger partial charge in [0.05, 0.1) is 12.9 Å². The molecule has 0 aliphatic rings. The standard InChI is InChI=1S/C5H10N2O5P2/c8-5(13(9)10,14(11)12)3-7-2-1-6-4-7/h1-2,4,8-12H,3H2. The Labute approximate surface area is 82.1 Å². The van der Waals surface area contributed by atoms with Gasteiger partial charge in [0.25, 0.3) is 0 Å². The summed E-state index contributed by atoms with van der Waals surface area (Å²) < 4.78 is 1.32. The van der Waals surface area contributed by atoms with E-state index in [2.05, 4.69) is 4.98 Å². The lowest BCUT2D eigenvalue weighted by Crippen LogP contribution is -2.29. The van der Waals surface area contributed by atoms with E-state index in [1.54, 1.807) is 0 Å². The zero-order valence-electron chi connectivity index (χ0n) is 6.96. The zero-order chi connectivity index (χ0) is 10.8. The average Bonchev–Trinajstić information content (AvgIpc) is 2.55. The molecule has 0 saturated carbocycles. The minimum absolute atomic E-state index is 0.329. The van der Waals surface area contributed by atoms with E-state index in [0.29, 0.717) is 0 Å². The van der Waals surface area contributed by atoms with Gasteiger partial charge in [0, 0.05) is 12.4 Å². The number of hydrogen-bond donors (Lipinski definition) is 5. The SMILES string of the molecule is OP(O)C(O)(Cn1ccnc1)P(O)O. The summed E-state index contributed by atoms with van der Waals surface area (Å²) in [5, 5.41) is 7.25. The summed E-state index contributed by atoms with van der Waals surface area (Å²) in [6, 6.07) is 0. The van der Waals surface area contributed by atoms with Crippen LogP contribution in [0, 0.1) is 0 Å². The van der Waals surface area contributed by atoms with Crippen molar-refractivity contribution >= 4 is 16.8 Å². The molecular formula is C5H10N2O5P2. The molecule has 0 aromatic carbocycles. The van der Waals surface area contributed by atoms with Crippen LogP contribution in [0.1, 0.15) is 0 Å². The lowest BCUT2D eigenvalue weighted by Gasteiger charge is -2.29. The topological polar surface area (TPSA) is 119 Å². The van der Waals surface area contributed by atoms with E-state index in [4.69, 9.17) is 19.6 Å². The van der Waals surface area contributed by atoms with Crippen molar-refractivity contribution in [3.05, 3.63) is 18.7 Å². The first kappa shape index (κ1) is 11.9. The molecule has 0 spiro atoms. The highest BCUT2D eigenvalue weighted by Crippen LogP contribution is 2.58.